The number of ether oxygens (including phenoxy) is 1. The maximum absolute atomic E-state index is 14.1. The average molecular weight is 598 g/mol. The summed E-state index contributed by atoms with van der Waals surface area (Å²) in [4.78, 5) is 29.1. The van der Waals surface area contributed by atoms with Gasteiger partial charge in [-0.1, -0.05) is 61.7 Å². The zero-order valence-electron chi connectivity index (χ0n) is 23.3. The maximum atomic E-state index is 14.1. The van der Waals surface area contributed by atoms with Gasteiger partial charge in [0.1, 0.15) is 18.3 Å². The molecule has 1 N–H and O–H groups in total. The van der Waals surface area contributed by atoms with Gasteiger partial charge in [-0.05, 0) is 73.4 Å². The van der Waals surface area contributed by atoms with Gasteiger partial charge in [-0.3, -0.25) is 13.9 Å². The fourth-order valence-corrected chi connectivity index (χ4v) is 6.61. The number of hydrogen-bond donors (Lipinski definition) is 1. The lowest BCUT2D eigenvalue weighted by Gasteiger charge is -2.33. The number of nitrogens with one attached hydrogen (secondary N) is 1. The Morgan fingerprint density at radius 1 is 0.976 bits per heavy atom. The van der Waals surface area contributed by atoms with E-state index in [1.54, 1.807) is 49.6 Å². The normalized spacial score (nSPS) is 14.3. The molecule has 3 aromatic rings. The Kier molecular flexibility index (Phi) is 10.3. The van der Waals surface area contributed by atoms with Gasteiger partial charge in [-0.25, -0.2) is 8.42 Å². The zero-order chi connectivity index (χ0) is 29.4. The van der Waals surface area contributed by atoms with Crippen LogP contribution in [-0.2, 0) is 26.2 Å². The Labute approximate surface area is 247 Å². The molecule has 1 aliphatic rings. The van der Waals surface area contributed by atoms with Crippen molar-refractivity contribution in [1.82, 2.24) is 10.2 Å². The number of carbonyl (C=O) groups is 2. The Morgan fingerprint density at radius 3 is 2.20 bits per heavy atom. The van der Waals surface area contributed by atoms with Crippen molar-refractivity contribution in [3.05, 3.63) is 89.4 Å². The SMILES string of the molecule is CC[C@H](C(=O)NC1CCCC1)N(Cc1ccc(OC)cc1)C(=O)CN(c1ccccc1)S(=O)(=O)c1ccc(Cl)cc1. The van der Waals surface area contributed by atoms with Crippen LogP contribution in [0.5, 0.6) is 5.75 Å². The number of para-hydroxylation sites is 1. The lowest BCUT2D eigenvalue weighted by atomic mass is 10.1. The number of amides is 2. The van der Waals surface area contributed by atoms with Gasteiger partial charge in [0.2, 0.25) is 11.8 Å². The van der Waals surface area contributed by atoms with Crippen LogP contribution in [0.1, 0.15) is 44.6 Å². The molecule has 0 unspecified atom stereocenters. The highest BCUT2D eigenvalue weighted by Gasteiger charge is 2.34. The summed E-state index contributed by atoms with van der Waals surface area (Å²) in [6.07, 6.45) is 4.32. The Hall–Kier alpha value is -3.56. The van der Waals surface area contributed by atoms with Crippen molar-refractivity contribution in [2.24, 2.45) is 0 Å². The van der Waals surface area contributed by atoms with E-state index in [-0.39, 0.29) is 23.4 Å². The third-order valence-electron chi connectivity index (χ3n) is 7.32. The fraction of sp³-hybridized carbons (Fsp3) is 0.355. The first-order valence-electron chi connectivity index (χ1n) is 13.8. The summed E-state index contributed by atoms with van der Waals surface area (Å²) in [5.41, 5.74) is 1.13. The van der Waals surface area contributed by atoms with E-state index in [1.807, 2.05) is 19.1 Å². The topological polar surface area (TPSA) is 96.0 Å². The second-order valence-electron chi connectivity index (χ2n) is 10.1. The van der Waals surface area contributed by atoms with E-state index < -0.39 is 28.5 Å². The highest BCUT2D eigenvalue weighted by Crippen LogP contribution is 2.26. The summed E-state index contributed by atoms with van der Waals surface area (Å²) in [6.45, 7) is 1.49. The molecule has 0 bridgehead atoms. The first-order chi connectivity index (χ1) is 19.7. The van der Waals surface area contributed by atoms with Crippen LogP contribution in [0.15, 0.2) is 83.8 Å². The molecule has 4 rings (SSSR count). The van der Waals surface area contributed by atoms with Gasteiger partial charge in [0.05, 0.1) is 17.7 Å². The molecule has 2 amide bonds. The van der Waals surface area contributed by atoms with Crippen molar-refractivity contribution in [3.63, 3.8) is 0 Å². The molecule has 218 valence electrons. The van der Waals surface area contributed by atoms with Crippen LogP contribution < -0.4 is 14.4 Å². The van der Waals surface area contributed by atoms with E-state index in [1.165, 1.54) is 29.2 Å². The molecule has 10 heteroatoms. The first-order valence-corrected chi connectivity index (χ1v) is 15.6. The molecule has 41 heavy (non-hydrogen) atoms. The molecule has 0 aromatic heterocycles. The van der Waals surface area contributed by atoms with Crippen LogP contribution in [0.3, 0.4) is 0 Å². The third-order valence-corrected chi connectivity index (χ3v) is 9.36. The van der Waals surface area contributed by atoms with E-state index in [9.17, 15) is 18.0 Å². The molecule has 1 atom stereocenters. The van der Waals surface area contributed by atoms with Gasteiger partial charge < -0.3 is 15.0 Å². The predicted octanol–water partition coefficient (Wildman–Crippen LogP) is 5.41. The number of carbonyl (C=O) groups excluding carboxylic acids is 2. The molecule has 1 fully saturated rings. The summed E-state index contributed by atoms with van der Waals surface area (Å²) in [7, 11) is -2.57. The second kappa shape index (κ2) is 13.9. The smallest absolute Gasteiger partial charge is 0.264 e. The average Bonchev–Trinajstić information content (AvgIpc) is 3.49. The monoisotopic (exact) mass is 597 g/mol. The molecule has 0 aliphatic heterocycles. The molecular formula is C31H36ClN3O5S. The van der Waals surface area contributed by atoms with Crippen LogP contribution >= 0.6 is 11.6 Å². The largest absolute Gasteiger partial charge is 0.497 e. The van der Waals surface area contributed by atoms with Gasteiger partial charge in [0.25, 0.3) is 10.0 Å². The molecule has 1 saturated carbocycles. The van der Waals surface area contributed by atoms with Crippen LogP contribution in [0.2, 0.25) is 5.02 Å². The van der Waals surface area contributed by atoms with Gasteiger partial charge in [0.15, 0.2) is 0 Å². The molecule has 0 heterocycles. The first kappa shape index (κ1) is 30.4. The summed E-state index contributed by atoms with van der Waals surface area (Å²) in [6, 6.07) is 20.8. The number of rotatable bonds is 12. The van der Waals surface area contributed by atoms with E-state index >= 15 is 0 Å². The standard InChI is InChI=1S/C31H36ClN3O5S/c1-3-29(31(37)33-25-9-7-8-10-25)34(21-23-13-17-27(40-2)18-14-23)30(36)22-35(26-11-5-4-6-12-26)41(38,39)28-19-15-24(32)16-20-28/h4-6,11-20,25,29H,3,7-10,21-22H2,1-2H3,(H,33,37)/t29-/m1/s1. The Balaban J connectivity index is 1.69. The van der Waals surface area contributed by atoms with Crippen molar-refractivity contribution in [2.45, 2.75) is 62.6 Å². The van der Waals surface area contributed by atoms with Crippen LogP contribution in [-0.4, -0.2) is 50.9 Å². The molecule has 3 aromatic carbocycles. The van der Waals surface area contributed by atoms with Gasteiger partial charge in [0, 0.05) is 17.6 Å². The summed E-state index contributed by atoms with van der Waals surface area (Å²) in [5.74, 6) is -0.0503. The minimum absolute atomic E-state index is 0.00581. The van der Waals surface area contributed by atoms with Crippen molar-refractivity contribution in [3.8, 4) is 5.75 Å². The maximum Gasteiger partial charge on any atom is 0.264 e. The van der Waals surface area contributed by atoms with E-state index in [2.05, 4.69) is 5.32 Å². The van der Waals surface area contributed by atoms with Crippen molar-refractivity contribution in [2.75, 3.05) is 18.0 Å². The third kappa shape index (κ3) is 7.59. The predicted molar refractivity (Wildman–Crippen MR) is 160 cm³/mol. The highest BCUT2D eigenvalue weighted by molar-refractivity contribution is 7.92. The van der Waals surface area contributed by atoms with Crippen molar-refractivity contribution < 1.29 is 22.7 Å². The molecule has 1 aliphatic carbocycles. The number of methoxy groups -OCH3 is 1. The number of sulfonamides is 1. The summed E-state index contributed by atoms with van der Waals surface area (Å²) in [5, 5.41) is 3.52. The van der Waals surface area contributed by atoms with Crippen molar-refractivity contribution in [1.29, 1.82) is 0 Å². The minimum Gasteiger partial charge on any atom is -0.497 e. The number of anilines is 1. The number of halogens is 1. The number of hydrogen-bond acceptors (Lipinski definition) is 5. The minimum atomic E-state index is -4.14. The van der Waals surface area contributed by atoms with Gasteiger partial charge >= 0.3 is 0 Å². The Morgan fingerprint density at radius 2 is 1.61 bits per heavy atom. The molecular weight excluding hydrogens is 562 g/mol. The Bertz CT molecular complexity index is 1410. The molecule has 0 saturated heterocycles. The van der Waals surface area contributed by atoms with Crippen LogP contribution in [0.4, 0.5) is 5.69 Å². The van der Waals surface area contributed by atoms with Crippen LogP contribution in [0.25, 0.3) is 0 Å². The van der Waals surface area contributed by atoms with Crippen LogP contribution in [0, 0.1) is 0 Å². The number of benzene rings is 3. The molecule has 0 radical (unpaired) electrons. The summed E-state index contributed by atoms with van der Waals surface area (Å²) < 4.78 is 34.1. The lowest BCUT2D eigenvalue weighted by molar-refractivity contribution is -0.140. The van der Waals surface area contributed by atoms with Gasteiger partial charge in [-0.2, -0.15) is 0 Å². The van der Waals surface area contributed by atoms with E-state index in [0.29, 0.717) is 22.9 Å². The number of nitrogens with zero attached hydrogens (tertiary/aromatic N) is 2. The molecule has 8 nitrogen and oxygen atoms in total. The molecule has 0 spiro atoms. The summed E-state index contributed by atoms with van der Waals surface area (Å²) >= 11 is 6.01. The van der Waals surface area contributed by atoms with E-state index in [0.717, 1.165) is 35.6 Å². The quantitative estimate of drug-likeness (QED) is 0.301. The lowest BCUT2D eigenvalue weighted by Crippen LogP contribution is -2.53. The highest BCUT2D eigenvalue weighted by atomic mass is 35.5. The van der Waals surface area contributed by atoms with Gasteiger partial charge in [-0.15, -0.1) is 0 Å². The van der Waals surface area contributed by atoms with E-state index in [4.69, 9.17) is 16.3 Å². The second-order valence-corrected chi connectivity index (χ2v) is 12.4. The fourth-order valence-electron chi connectivity index (χ4n) is 5.07. The van der Waals surface area contributed by atoms with Crippen molar-refractivity contribution >= 4 is 39.1 Å². The zero-order valence-corrected chi connectivity index (χ0v) is 24.9.